The van der Waals surface area contributed by atoms with E-state index < -0.39 is 23.2 Å². The molecule has 0 spiro atoms. The minimum atomic E-state index is -4.41. The average Bonchev–Trinajstić information content (AvgIpc) is 2.85. The highest BCUT2D eigenvalue weighted by molar-refractivity contribution is 5.80. The van der Waals surface area contributed by atoms with Crippen molar-refractivity contribution in [2.24, 2.45) is 0 Å². The van der Waals surface area contributed by atoms with Crippen LogP contribution in [0.25, 0.3) is 0 Å². The van der Waals surface area contributed by atoms with Crippen molar-refractivity contribution in [2.45, 2.75) is 38.5 Å². The summed E-state index contributed by atoms with van der Waals surface area (Å²) < 4.78 is 43.4. The second kappa shape index (κ2) is 6.25. The fourth-order valence-electron chi connectivity index (χ4n) is 1.59. The van der Waals surface area contributed by atoms with Crippen LogP contribution in [0.1, 0.15) is 25.8 Å². The van der Waals surface area contributed by atoms with Crippen LogP contribution in [-0.2, 0) is 22.3 Å². The Labute approximate surface area is 115 Å². The summed E-state index contributed by atoms with van der Waals surface area (Å²) in [7, 11) is 1.60. The van der Waals surface area contributed by atoms with Crippen molar-refractivity contribution in [3.8, 4) is 0 Å². The van der Waals surface area contributed by atoms with Gasteiger partial charge in [-0.2, -0.15) is 18.3 Å². The van der Waals surface area contributed by atoms with Gasteiger partial charge in [-0.05, 0) is 27.3 Å². The summed E-state index contributed by atoms with van der Waals surface area (Å²) in [6.07, 6.45) is -2.46. The van der Waals surface area contributed by atoms with Crippen LogP contribution in [0, 0.1) is 0 Å². The van der Waals surface area contributed by atoms with Crippen LogP contribution in [0.3, 0.4) is 0 Å². The fraction of sp³-hybridized carbons (Fsp3) is 0.667. The van der Waals surface area contributed by atoms with Crippen LogP contribution in [0.4, 0.5) is 13.2 Å². The second-order valence-corrected chi connectivity index (χ2v) is 4.54. The predicted octanol–water partition coefficient (Wildman–Crippen LogP) is 1.83. The van der Waals surface area contributed by atoms with E-state index in [-0.39, 0.29) is 19.6 Å². The van der Waals surface area contributed by atoms with Crippen molar-refractivity contribution in [3.05, 3.63) is 18.0 Å². The molecule has 0 aliphatic rings. The summed E-state index contributed by atoms with van der Waals surface area (Å²) in [6.45, 7) is 3.75. The number of hydrogen-bond donors (Lipinski definition) is 1. The van der Waals surface area contributed by atoms with Crippen molar-refractivity contribution < 1.29 is 22.7 Å². The number of ether oxygens (including phenoxy) is 1. The van der Waals surface area contributed by atoms with Crippen molar-refractivity contribution in [2.75, 3.05) is 13.7 Å². The van der Waals surface area contributed by atoms with E-state index in [1.165, 1.54) is 0 Å². The second-order valence-electron chi connectivity index (χ2n) is 4.54. The summed E-state index contributed by atoms with van der Waals surface area (Å²) in [6, 6.07) is 0. The van der Waals surface area contributed by atoms with Gasteiger partial charge < -0.3 is 10.1 Å². The number of nitrogens with zero attached hydrogens (tertiary/aromatic N) is 2. The maximum Gasteiger partial charge on any atom is 0.419 e. The number of rotatable bonds is 6. The third-order valence-corrected chi connectivity index (χ3v) is 3.08. The van der Waals surface area contributed by atoms with Crippen molar-refractivity contribution in [3.63, 3.8) is 0 Å². The van der Waals surface area contributed by atoms with E-state index in [0.29, 0.717) is 0 Å². The molecule has 0 saturated heterocycles. The Bertz CT molecular complexity index is 459. The lowest BCUT2D eigenvalue weighted by atomic mass is 9.98. The van der Waals surface area contributed by atoms with Crippen molar-refractivity contribution in [1.29, 1.82) is 0 Å². The number of carbonyl (C=O) groups is 1. The molecule has 1 aromatic rings. The molecule has 1 aromatic heterocycles. The van der Waals surface area contributed by atoms with Gasteiger partial charge in [0.15, 0.2) is 0 Å². The zero-order valence-electron chi connectivity index (χ0n) is 11.6. The molecule has 1 atom stereocenters. The lowest BCUT2D eigenvalue weighted by molar-refractivity contribution is -0.150. The first-order valence-electron chi connectivity index (χ1n) is 6.18. The number of alkyl halides is 3. The maximum absolute atomic E-state index is 12.4. The number of likely N-dealkylation sites (N-methyl/N-ethyl adjacent to an activating group) is 1. The summed E-state index contributed by atoms with van der Waals surface area (Å²) in [5.74, 6) is -0.439. The normalized spacial score (nSPS) is 14.9. The van der Waals surface area contributed by atoms with Crippen LogP contribution < -0.4 is 5.32 Å². The molecule has 0 aliphatic heterocycles. The van der Waals surface area contributed by atoms with Gasteiger partial charge in [0.1, 0.15) is 5.54 Å². The number of aromatic nitrogens is 2. The molecule has 0 fully saturated rings. The van der Waals surface area contributed by atoms with E-state index in [4.69, 9.17) is 4.74 Å². The van der Waals surface area contributed by atoms with E-state index in [9.17, 15) is 18.0 Å². The molecule has 0 aliphatic carbocycles. The van der Waals surface area contributed by atoms with E-state index in [0.717, 1.165) is 17.1 Å². The number of aryl methyl sites for hydroxylation is 1. The number of hydrogen-bond acceptors (Lipinski definition) is 4. The Morgan fingerprint density at radius 3 is 2.60 bits per heavy atom. The Morgan fingerprint density at radius 1 is 1.50 bits per heavy atom. The molecule has 0 saturated carbocycles. The van der Waals surface area contributed by atoms with Gasteiger partial charge in [-0.3, -0.25) is 9.48 Å². The van der Waals surface area contributed by atoms with E-state index in [1.54, 1.807) is 20.9 Å². The van der Waals surface area contributed by atoms with E-state index in [2.05, 4.69) is 10.4 Å². The van der Waals surface area contributed by atoms with Gasteiger partial charge in [0.05, 0.1) is 18.4 Å². The van der Waals surface area contributed by atoms with Crippen LogP contribution in [0.2, 0.25) is 0 Å². The van der Waals surface area contributed by atoms with Crippen molar-refractivity contribution >= 4 is 5.97 Å². The Balaban J connectivity index is 2.69. The SMILES string of the molecule is CCOC(=O)C(C)(CCn1cc(C(F)(F)F)cn1)NC. The van der Waals surface area contributed by atoms with Gasteiger partial charge in [-0.15, -0.1) is 0 Å². The zero-order chi connectivity index (χ0) is 15.4. The summed E-state index contributed by atoms with van der Waals surface area (Å²) >= 11 is 0. The molecule has 0 radical (unpaired) electrons. The smallest absolute Gasteiger partial charge is 0.419 e. The molecular weight excluding hydrogens is 275 g/mol. The Morgan fingerprint density at radius 2 is 2.15 bits per heavy atom. The first-order valence-corrected chi connectivity index (χ1v) is 6.18. The molecule has 1 unspecified atom stereocenters. The van der Waals surface area contributed by atoms with E-state index >= 15 is 0 Å². The van der Waals surface area contributed by atoms with Gasteiger partial charge in [-0.1, -0.05) is 0 Å². The van der Waals surface area contributed by atoms with Gasteiger partial charge in [-0.25, -0.2) is 0 Å². The third-order valence-electron chi connectivity index (χ3n) is 3.08. The van der Waals surface area contributed by atoms with Gasteiger partial charge in [0.25, 0.3) is 0 Å². The molecule has 0 amide bonds. The molecule has 8 heteroatoms. The van der Waals surface area contributed by atoms with Crippen LogP contribution in [0.15, 0.2) is 12.4 Å². The molecule has 0 bridgehead atoms. The number of halogens is 3. The number of nitrogens with one attached hydrogen (secondary N) is 1. The molecule has 114 valence electrons. The lowest BCUT2D eigenvalue weighted by Gasteiger charge is -2.26. The zero-order valence-corrected chi connectivity index (χ0v) is 11.6. The molecule has 0 aromatic carbocycles. The minimum Gasteiger partial charge on any atom is -0.465 e. The largest absolute Gasteiger partial charge is 0.465 e. The minimum absolute atomic E-state index is 0.173. The van der Waals surface area contributed by atoms with Crippen LogP contribution in [-0.4, -0.2) is 34.9 Å². The fourth-order valence-corrected chi connectivity index (χ4v) is 1.59. The maximum atomic E-state index is 12.4. The highest BCUT2D eigenvalue weighted by Crippen LogP contribution is 2.28. The van der Waals surface area contributed by atoms with Crippen molar-refractivity contribution in [1.82, 2.24) is 15.1 Å². The number of esters is 1. The quantitative estimate of drug-likeness (QED) is 0.813. The predicted molar refractivity (Wildman–Crippen MR) is 65.9 cm³/mol. The molecule has 1 heterocycles. The lowest BCUT2D eigenvalue weighted by Crippen LogP contribution is -2.49. The number of carbonyl (C=O) groups excluding carboxylic acids is 1. The monoisotopic (exact) mass is 293 g/mol. The van der Waals surface area contributed by atoms with Gasteiger partial charge in [0.2, 0.25) is 0 Å². The molecule has 20 heavy (non-hydrogen) atoms. The van der Waals surface area contributed by atoms with E-state index in [1.807, 2.05) is 0 Å². The summed E-state index contributed by atoms with van der Waals surface area (Å²) in [5.41, 5.74) is -1.76. The first-order chi connectivity index (χ1) is 9.23. The first kappa shape index (κ1) is 16.5. The standard InChI is InChI=1S/C12H18F3N3O2/c1-4-20-10(19)11(2,16-3)5-6-18-8-9(7-17-18)12(13,14)15/h7-8,16H,4-6H2,1-3H3. The molecule has 5 nitrogen and oxygen atoms in total. The highest BCUT2D eigenvalue weighted by Gasteiger charge is 2.34. The molecular formula is C12H18F3N3O2. The van der Waals surface area contributed by atoms with Gasteiger partial charge >= 0.3 is 12.1 Å². The Hall–Kier alpha value is -1.57. The van der Waals surface area contributed by atoms with Crippen LogP contribution >= 0.6 is 0 Å². The highest BCUT2D eigenvalue weighted by atomic mass is 19.4. The summed E-state index contributed by atoms with van der Waals surface area (Å²) in [4.78, 5) is 11.8. The van der Waals surface area contributed by atoms with Crippen LogP contribution in [0.5, 0.6) is 0 Å². The topological polar surface area (TPSA) is 56.2 Å². The molecule has 1 N–H and O–H groups in total. The summed E-state index contributed by atoms with van der Waals surface area (Å²) in [5, 5.41) is 6.47. The average molecular weight is 293 g/mol. The molecule has 1 rings (SSSR count). The van der Waals surface area contributed by atoms with Gasteiger partial charge in [0, 0.05) is 12.7 Å². The third kappa shape index (κ3) is 3.96. The Kier molecular flexibility index (Phi) is 5.15.